The Kier molecular flexibility index (Phi) is 5.54. The van der Waals surface area contributed by atoms with Crippen LogP contribution < -0.4 is 4.74 Å². The molecule has 0 aliphatic carbocycles. The number of rotatable bonds is 5. The van der Waals surface area contributed by atoms with Crippen molar-refractivity contribution in [3.63, 3.8) is 0 Å². The number of fused-ring (bicyclic) bond motifs is 1. The number of nitrogens with zero attached hydrogens (tertiary/aromatic N) is 2. The Hall–Kier alpha value is -2.85. The number of carbonyl (C=O) groups excluding carboxylic acids is 1. The highest BCUT2D eigenvalue weighted by Crippen LogP contribution is 2.30. The van der Waals surface area contributed by atoms with Crippen LogP contribution in [0.2, 0.25) is 5.02 Å². The summed E-state index contributed by atoms with van der Waals surface area (Å²) in [6.45, 7) is 5.53. The molecule has 2 aromatic carbocycles. The minimum atomic E-state index is -0.0363. The summed E-state index contributed by atoms with van der Waals surface area (Å²) in [5.41, 5.74) is 5.61. The Morgan fingerprint density at radius 3 is 2.69 bits per heavy atom. The van der Waals surface area contributed by atoms with E-state index in [1.165, 1.54) is 0 Å². The maximum absolute atomic E-state index is 13.1. The van der Waals surface area contributed by atoms with E-state index < -0.39 is 0 Å². The Balaban J connectivity index is 1.60. The number of aryl methyl sites for hydroxylation is 2. The van der Waals surface area contributed by atoms with Gasteiger partial charge in [-0.3, -0.25) is 4.79 Å². The summed E-state index contributed by atoms with van der Waals surface area (Å²) in [7, 11) is 0. The van der Waals surface area contributed by atoms with E-state index in [1.54, 1.807) is 6.07 Å². The maximum Gasteiger partial charge on any atom is 0.255 e. The lowest BCUT2D eigenvalue weighted by Crippen LogP contribution is -2.37. The van der Waals surface area contributed by atoms with E-state index in [1.807, 2.05) is 67.3 Å². The lowest BCUT2D eigenvalue weighted by molar-refractivity contribution is 0.0725. The fourth-order valence-corrected chi connectivity index (χ4v) is 4.02. The first-order valence-electron chi connectivity index (χ1n) is 9.73. The number of benzene rings is 2. The van der Waals surface area contributed by atoms with Gasteiger partial charge in [0.25, 0.3) is 5.91 Å². The van der Waals surface area contributed by atoms with Crippen LogP contribution in [0, 0.1) is 13.8 Å². The largest absolute Gasteiger partial charge is 0.473 e. The molecule has 29 heavy (non-hydrogen) atoms. The second-order valence-electron chi connectivity index (χ2n) is 7.39. The third-order valence-electron chi connectivity index (χ3n) is 5.26. The molecule has 0 N–H and O–H groups in total. The number of halogens is 1. The quantitative estimate of drug-likeness (QED) is 0.590. The highest BCUT2D eigenvalue weighted by molar-refractivity contribution is 6.34. The molecule has 0 saturated heterocycles. The molecule has 1 amide bonds. The molecule has 1 aliphatic heterocycles. The van der Waals surface area contributed by atoms with Crippen LogP contribution in [0.25, 0.3) is 0 Å². The van der Waals surface area contributed by atoms with E-state index in [2.05, 4.69) is 4.98 Å². The molecular weight excluding hydrogens is 384 g/mol. The van der Waals surface area contributed by atoms with Crippen molar-refractivity contribution < 1.29 is 9.53 Å². The van der Waals surface area contributed by atoms with Crippen molar-refractivity contribution in [2.45, 2.75) is 33.4 Å². The molecule has 5 heteroatoms. The second-order valence-corrected chi connectivity index (χ2v) is 7.80. The van der Waals surface area contributed by atoms with Gasteiger partial charge in [0, 0.05) is 17.8 Å². The number of pyridine rings is 1. The highest BCUT2D eigenvalue weighted by Gasteiger charge is 2.28. The molecule has 0 spiro atoms. The first-order valence-corrected chi connectivity index (χ1v) is 10.1. The predicted octanol–water partition coefficient (Wildman–Crippen LogP) is 5.13. The molecule has 0 fully saturated rings. The average Bonchev–Trinajstić information content (AvgIpc) is 2.71. The van der Waals surface area contributed by atoms with Gasteiger partial charge < -0.3 is 9.64 Å². The van der Waals surface area contributed by atoms with Crippen LogP contribution in [-0.4, -0.2) is 22.3 Å². The molecule has 0 saturated carbocycles. The monoisotopic (exact) mass is 406 g/mol. The number of amides is 1. The summed E-state index contributed by atoms with van der Waals surface area (Å²) >= 11 is 6.32. The molecule has 0 unspecified atom stereocenters. The zero-order valence-corrected chi connectivity index (χ0v) is 17.4. The number of ether oxygens (including phenoxy) is 1. The Morgan fingerprint density at radius 2 is 1.90 bits per heavy atom. The molecule has 4 rings (SSSR count). The Bertz CT molecular complexity index is 1050. The minimum absolute atomic E-state index is 0.0363. The van der Waals surface area contributed by atoms with Gasteiger partial charge in [0.15, 0.2) is 0 Å². The number of hydrogen-bond donors (Lipinski definition) is 0. The molecule has 3 aromatic rings. The molecule has 148 valence electrons. The van der Waals surface area contributed by atoms with E-state index in [0.717, 1.165) is 34.4 Å². The normalized spacial score (nSPS) is 13.3. The van der Waals surface area contributed by atoms with Crippen molar-refractivity contribution in [3.8, 4) is 5.88 Å². The van der Waals surface area contributed by atoms with Gasteiger partial charge in [-0.05, 0) is 49.1 Å². The third-order valence-corrected chi connectivity index (χ3v) is 5.57. The summed E-state index contributed by atoms with van der Waals surface area (Å²) in [5.74, 6) is 0.551. The van der Waals surface area contributed by atoms with Crippen molar-refractivity contribution in [1.82, 2.24) is 9.88 Å². The van der Waals surface area contributed by atoms with Gasteiger partial charge in [-0.2, -0.15) is 0 Å². The highest BCUT2D eigenvalue weighted by atomic mass is 35.5. The SMILES string of the molecule is Cc1cc(C)c(CN2CCc3cccc(Cl)c3C2=O)c(OCc2ccccc2)n1. The molecule has 2 heterocycles. The van der Waals surface area contributed by atoms with Crippen molar-refractivity contribution in [2.75, 3.05) is 6.54 Å². The lowest BCUT2D eigenvalue weighted by atomic mass is 9.98. The lowest BCUT2D eigenvalue weighted by Gasteiger charge is -2.30. The molecular formula is C24H23ClN2O2. The zero-order chi connectivity index (χ0) is 20.4. The van der Waals surface area contributed by atoms with Crippen molar-refractivity contribution in [2.24, 2.45) is 0 Å². The van der Waals surface area contributed by atoms with Gasteiger partial charge in [0.2, 0.25) is 5.88 Å². The molecule has 1 aromatic heterocycles. The van der Waals surface area contributed by atoms with Crippen molar-refractivity contribution in [1.29, 1.82) is 0 Å². The van der Waals surface area contributed by atoms with Gasteiger partial charge in [-0.25, -0.2) is 4.98 Å². The maximum atomic E-state index is 13.1. The van der Waals surface area contributed by atoms with Crippen LogP contribution in [0.4, 0.5) is 0 Å². The average molecular weight is 407 g/mol. The molecule has 0 radical (unpaired) electrons. The van der Waals surface area contributed by atoms with Crippen LogP contribution >= 0.6 is 11.6 Å². The van der Waals surface area contributed by atoms with Gasteiger partial charge in [-0.1, -0.05) is 54.1 Å². The summed E-state index contributed by atoms with van der Waals surface area (Å²) < 4.78 is 6.08. The smallest absolute Gasteiger partial charge is 0.255 e. The summed E-state index contributed by atoms with van der Waals surface area (Å²) in [6, 6.07) is 17.7. The second kappa shape index (κ2) is 8.26. The van der Waals surface area contributed by atoms with Gasteiger partial charge in [-0.15, -0.1) is 0 Å². The van der Waals surface area contributed by atoms with Crippen LogP contribution in [0.15, 0.2) is 54.6 Å². The topological polar surface area (TPSA) is 42.4 Å². The van der Waals surface area contributed by atoms with Crippen molar-refractivity contribution in [3.05, 3.63) is 93.1 Å². The molecule has 1 aliphatic rings. The Morgan fingerprint density at radius 1 is 1.10 bits per heavy atom. The predicted molar refractivity (Wildman–Crippen MR) is 114 cm³/mol. The van der Waals surface area contributed by atoms with E-state index >= 15 is 0 Å². The third kappa shape index (κ3) is 4.13. The fourth-order valence-electron chi connectivity index (χ4n) is 3.74. The standard InChI is InChI=1S/C24H23ClN2O2/c1-16-13-17(2)26-23(29-15-18-7-4-3-5-8-18)20(16)14-27-12-11-19-9-6-10-21(25)22(19)24(27)28/h3-10,13H,11-12,14-15H2,1-2H3. The van der Waals surface area contributed by atoms with Gasteiger partial charge in [0.1, 0.15) is 6.61 Å². The molecule has 0 atom stereocenters. The van der Waals surface area contributed by atoms with Crippen LogP contribution in [0.3, 0.4) is 0 Å². The number of hydrogen-bond acceptors (Lipinski definition) is 3. The van der Waals surface area contributed by atoms with Crippen LogP contribution in [0.5, 0.6) is 5.88 Å². The van der Waals surface area contributed by atoms with E-state index in [9.17, 15) is 4.79 Å². The van der Waals surface area contributed by atoms with Crippen molar-refractivity contribution >= 4 is 17.5 Å². The number of aromatic nitrogens is 1. The first-order chi connectivity index (χ1) is 14.0. The van der Waals surface area contributed by atoms with E-state index in [-0.39, 0.29) is 5.91 Å². The van der Waals surface area contributed by atoms with Crippen LogP contribution in [-0.2, 0) is 19.6 Å². The summed E-state index contributed by atoms with van der Waals surface area (Å²) in [6.07, 6.45) is 0.792. The molecule has 4 nitrogen and oxygen atoms in total. The van der Waals surface area contributed by atoms with E-state index in [0.29, 0.717) is 36.2 Å². The van der Waals surface area contributed by atoms with Gasteiger partial charge >= 0.3 is 0 Å². The fraction of sp³-hybridized carbons (Fsp3) is 0.250. The summed E-state index contributed by atoms with van der Waals surface area (Å²) in [4.78, 5) is 19.5. The first kappa shape index (κ1) is 19.5. The minimum Gasteiger partial charge on any atom is -0.473 e. The summed E-state index contributed by atoms with van der Waals surface area (Å²) in [5, 5.41) is 0.511. The number of carbonyl (C=O) groups is 1. The van der Waals surface area contributed by atoms with E-state index in [4.69, 9.17) is 16.3 Å². The van der Waals surface area contributed by atoms with Gasteiger partial charge in [0.05, 0.1) is 17.1 Å². The van der Waals surface area contributed by atoms with Crippen LogP contribution in [0.1, 0.15) is 38.3 Å². The molecule has 0 bridgehead atoms. The Labute approximate surface area is 176 Å². The zero-order valence-electron chi connectivity index (χ0n) is 16.6.